The van der Waals surface area contributed by atoms with Crippen molar-refractivity contribution >= 4 is 27.3 Å². The fourth-order valence-corrected chi connectivity index (χ4v) is 5.85. The van der Waals surface area contributed by atoms with Gasteiger partial charge in [0.2, 0.25) is 0 Å². The second-order valence-electron chi connectivity index (χ2n) is 9.27. The Morgan fingerprint density at radius 2 is 1.49 bits per heavy atom. The molecule has 0 aromatic heterocycles. The van der Waals surface area contributed by atoms with Gasteiger partial charge in [-0.1, -0.05) is 75.1 Å². The summed E-state index contributed by atoms with van der Waals surface area (Å²) in [4.78, 5) is 22.9. The normalized spacial score (nSPS) is 12.2. The van der Waals surface area contributed by atoms with Gasteiger partial charge < -0.3 is 10.4 Å². The molecule has 3 aromatic carbocycles. The summed E-state index contributed by atoms with van der Waals surface area (Å²) in [6.45, 7) is 3.58. The van der Waals surface area contributed by atoms with Crippen molar-refractivity contribution in [1.82, 2.24) is 0 Å². The van der Waals surface area contributed by atoms with Gasteiger partial charge in [-0.15, -0.1) is 0 Å². The Labute approximate surface area is 219 Å². The van der Waals surface area contributed by atoms with Crippen LogP contribution in [0.5, 0.6) is 0 Å². The summed E-state index contributed by atoms with van der Waals surface area (Å²) in [6.07, 6.45) is 5.70. The van der Waals surface area contributed by atoms with E-state index in [0.29, 0.717) is 24.8 Å². The molecule has 0 radical (unpaired) electrons. The first-order valence-electron chi connectivity index (χ1n) is 12.7. The van der Waals surface area contributed by atoms with Gasteiger partial charge in [0.25, 0.3) is 0 Å². The third kappa shape index (κ3) is 7.76. The number of aryl methyl sites for hydroxylation is 2. The Hall–Kier alpha value is -3.45. The highest BCUT2D eigenvalue weighted by Crippen LogP contribution is 2.26. The van der Waals surface area contributed by atoms with Crippen molar-refractivity contribution < 1.29 is 23.1 Å². The third-order valence-corrected chi connectivity index (χ3v) is 8.53. The van der Waals surface area contributed by atoms with Gasteiger partial charge in [0.1, 0.15) is 5.37 Å². The van der Waals surface area contributed by atoms with Crippen molar-refractivity contribution in [1.29, 1.82) is 0 Å². The lowest BCUT2D eigenvalue weighted by Crippen LogP contribution is -2.30. The number of benzene rings is 3. The number of anilines is 1. The average molecular weight is 522 g/mol. The fraction of sp³-hybridized carbons (Fsp3) is 0.333. The molecule has 1 atom stereocenters. The highest BCUT2D eigenvalue weighted by Gasteiger charge is 2.28. The van der Waals surface area contributed by atoms with Crippen molar-refractivity contribution in [2.45, 2.75) is 69.1 Å². The minimum Gasteiger partial charge on any atom is -0.478 e. The first-order valence-corrected chi connectivity index (χ1v) is 14.3. The molecule has 0 saturated heterocycles. The maximum absolute atomic E-state index is 13.7. The first kappa shape index (κ1) is 28.1. The van der Waals surface area contributed by atoms with Gasteiger partial charge in [-0.05, 0) is 67.6 Å². The van der Waals surface area contributed by atoms with E-state index in [1.54, 1.807) is 24.3 Å². The zero-order chi connectivity index (χ0) is 26.8. The number of rotatable bonds is 14. The number of carboxylic acids is 1. The average Bonchev–Trinajstić information content (AvgIpc) is 2.90. The molecule has 0 aliphatic heterocycles. The number of carboxylic acid groups (broad SMARTS) is 1. The predicted molar refractivity (Wildman–Crippen MR) is 147 cm³/mol. The molecule has 1 unspecified atom stereocenters. The summed E-state index contributed by atoms with van der Waals surface area (Å²) in [5.74, 6) is -1.06. The molecule has 196 valence electrons. The van der Waals surface area contributed by atoms with E-state index in [1.807, 2.05) is 36.4 Å². The van der Waals surface area contributed by atoms with Crippen LogP contribution in [-0.4, -0.2) is 30.7 Å². The number of para-hydroxylation sites is 1. The van der Waals surface area contributed by atoms with Crippen molar-refractivity contribution in [3.8, 4) is 0 Å². The molecule has 0 bridgehead atoms. The van der Waals surface area contributed by atoms with E-state index < -0.39 is 21.2 Å². The van der Waals surface area contributed by atoms with Crippen LogP contribution in [0.1, 0.15) is 77.8 Å². The number of nitrogens with one attached hydrogen (secondary N) is 1. The van der Waals surface area contributed by atoms with Gasteiger partial charge in [0.15, 0.2) is 15.6 Å². The zero-order valence-electron chi connectivity index (χ0n) is 21.4. The molecule has 0 aliphatic rings. The molecule has 0 fully saturated rings. The minimum atomic E-state index is -3.70. The van der Waals surface area contributed by atoms with Crippen LogP contribution in [0.15, 0.2) is 77.7 Å². The van der Waals surface area contributed by atoms with Crippen LogP contribution in [0.2, 0.25) is 0 Å². The third-order valence-electron chi connectivity index (χ3n) is 6.50. The lowest BCUT2D eigenvalue weighted by atomic mass is 10.0. The van der Waals surface area contributed by atoms with Crippen LogP contribution in [0.4, 0.5) is 5.69 Å². The van der Waals surface area contributed by atoms with E-state index >= 15 is 0 Å². The van der Waals surface area contributed by atoms with Crippen LogP contribution < -0.4 is 5.32 Å². The fourth-order valence-electron chi connectivity index (χ4n) is 4.25. The van der Waals surface area contributed by atoms with Gasteiger partial charge in [0, 0.05) is 11.3 Å². The number of hydrogen-bond acceptors (Lipinski definition) is 5. The smallest absolute Gasteiger partial charge is 0.335 e. The summed E-state index contributed by atoms with van der Waals surface area (Å²) in [5.41, 5.74) is 3.50. The molecular formula is C30H35NO5S. The number of carbonyl (C=O) groups excluding carboxylic acids is 1. The van der Waals surface area contributed by atoms with Gasteiger partial charge in [0.05, 0.1) is 10.5 Å². The minimum absolute atomic E-state index is 0.107. The van der Waals surface area contributed by atoms with E-state index in [0.717, 1.165) is 42.5 Å². The number of unbranched alkanes of at least 4 members (excludes halogenated alkanes) is 3. The Balaban J connectivity index is 1.82. The predicted octanol–water partition coefficient (Wildman–Crippen LogP) is 6.55. The van der Waals surface area contributed by atoms with Gasteiger partial charge in [-0.3, -0.25) is 4.79 Å². The number of aromatic carboxylic acids is 1. The van der Waals surface area contributed by atoms with Crippen molar-refractivity contribution in [3.63, 3.8) is 0 Å². The number of carbonyl (C=O) groups is 2. The monoisotopic (exact) mass is 521 g/mol. The van der Waals surface area contributed by atoms with E-state index in [9.17, 15) is 18.0 Å². The van der Waals surface area contributed by atoms with Crippen LogP contribution in [-0.2, 0) is 22.7 Å². The second kappa shape index (κ2) is 13.2. The Morgan fingerprint density at radius 3 is 2.11 bits per heavy atom. The number of ketones is 1. The summed E-state index contributed by atoms with van der Waals surface area (Å²) >= 11 is 0. The lowest BCUT2D eigenvalue weighted by molar-refractivity contribution is 0.0696. The molecule has 2 N–H and O–H groups in total. The van der Waals surface area contributed by atoms with Crippen LogP contribution >= 0.6 is 0 Å². The molecule has 7 heteroatoms. The number of Topliss-reactive ketones (excluding diaryl/α,β-unsaturated/α-hetero) is 1. The Kier molecular flexibility index (Phi) is 10.0. The van der Waals surface area contributed by atoms with E-state index in [4.69, 9.17) is 5.11 Å². The number of sulfone groups is 1. The highest BCUT2D eigenvalue weighted by molar-refractivity contribution is 7.92. The molecule has 0 spiro atoms. The van der Waals surface area contributed by atoms with Gasteiger partial charge in [-0.25, -0.2) is 13.2 Å². The molecular weight excluding hydrogens is 486 g/mol. The summed E-state index contributed by atoms with van der Waals surface area (Å²) in [7, 11) is -3.70. The largest absolute Gasteiger partial charge is 0.478 e. The Bertz CT molecular complexity index is 1300. The molecule has 6 nitrogen and oxygen atoms in total. The van der Waals surface area contributed by atoms with Gasteiger partial charge >= 0.3 is 5.97 Å². The maximum Gasteiger partial charge on any atom is 0.335 e. The SMILES string of the molecule is CCCCCCC(Nc1ccccc1CCc1ccc(C(=O)O)cc1)S(=O)(=O)c1ccc(C(C)=O)cc1. The molecule has 37 heavy (non-hydrogen) atoms. The van der Waals surface area contributed by atoms with Crippen LogP contribution in [0, 0.1) is 0 Å². The summed E-state index contributed by atoms with van der Waals surface area (Å²) < 4.78 is 27.3. The first-order chi connectivity index (χ1) is 17.7. The standard InChI is InChI=1S/C30H35NO5S/c1-3-4-5-6-11-29(37(35,36)27-20-18-24(19-21-27)22(2)32)31-28-10-8-7-9-25(28)15-12-23-13-16-26(17-14-23)30(33)34/h7-10,13-14,16-21,29,31H,3-6,11-12,15H2,1-2H3,(H,33,34). The zero-order valence-corrected chi connectivity index (χ0v) is 22.3. The molecule has 3 aromatic rings. The van der Waals surface area contributed by atoms with Crippen LogP contribution in [0.25, 0.3) is 0 Å². The number of hydrogen-bond donors (Lipinski definition) is 2. The van der Waals surface area contributed by atoms with Crippen molar-refractivity contribution in [3.05, 3.63) is 95.1 Å². The van der Waals surface area contributed by atoms with Crippen LogP contribution in [0.3, 0.4) is 0 Å². The molecule has 0 heterocycles. The quantitative estimate of drug-likeness (QED) is 0.184. The summed E-state index contributed by atoms with van der Waals surface area (Å²) in [6, 6.07) is 20.7. The van der Waals surface area contributed by atoms with Crippen molar-refractivity contribution in [2.24, 2.45) is 0 Å². The van der Waals surface area contributed by atoms with Gasteiger partial charge in [-0.2, -0.15) is 0 Å². The lowest BCUT2D eigenvalue weighted by Gasteiger charge is -2.22. The Morgan fingerprint density at radius 1 is 0.838 bits per heavy atom. The van der Waals surface area contributed by atoms with E-state index in [2.05, 4.69) is 12.2 Å². The van der Waals surface area contributed by atoms with Crippen molar-refractivity contribution in [2.75, 3.05) is 5.32 Å². The highest BCUT2D eigenvalue weighted by atomic mass is 32.2. The molecule has 0 aliphatic carbocycles. The topological polar surface area (TPSA) is 101 Å². The second-order valence-corrected chi connectivity index (χ2v) is 11.4. The van der Waals surface area contributed by atoms with E-state index in [1.165, 1.54) is 19.1 Å². The molecule has 3 rings (SSSR count). The molecule has 0 saturated carbocycles. The summed E-state index contributed by atoms with van der Waals surface area (Å²) in [5, 5.41) is 11.6. The van der Waals surface area contributed by atoms with E-state index in [-0.39, 0.29) is 16.2 Å². The molecule has 0 amide bonds. The maximum atomic E-state index is 13.7.